The quantitative estimate of drug-likeness (QED) is 0.442. The van der Waals surface area contributed by atoms with Crippen molar-refractivity contribution in [2.45, 2.75) is 19.9 Å². The lowest BCUT2D eigenvalue weighted by Gasteiger charge is -2.28. The van der Waals surface area contributed by atoms with E-state index in [2.05, 4.69) is 9.88 Å². The number of hydrogen-bond donors (Lipinski definition) is 1. The summed E-state index contributed by atoms with van der Waals surface area (Å²) in [5, 5.41) is 10.9. The van der Waals surface area contributed by atoms with Crippen LogP contribution in [0.2, 0.25) is 0 Å². The summed E-state index contributed by atoms with van der Waals surface area (Å²) < 4.78 is 13.3. The topological polar surface area (TPSA) is 73.7 Å². The molecule has 7 heteroatoms. The Labute approximate surface area is 169 Å². The zero-order valence-electron chi connectivity index (χ0n) is 16.5. The molecule has 152 valence electrons. The summed E-state index contributed by atoms with van der Waals surface area (Å²) in [5.41, 5.74) is 0.974. The second-order valence-corrected chi connectivity index (χ2v) is 6.81. The number of carbonyl (C=O) groups is 2. The van der Waals surface area contributed by atoms with E-state index in [0.717, 1.165) is 13.1 Å². The maximum Gasteiger partial charge on any atom is 0.295 e. The number of likely N-dealkylation sites (N-methyl/N-ethyl adjacent to an activating group) is 1. The van der Waals surface area contributed by atoms with E-state index >= 15 is 0 Å². The molecule has 1 aliphatic rings. The second kappa shape index (κ2) is 8.96. The number of pyridine rings is 1. The van der Waals surface area contributed by atoms with Crippen LogP contribution >= 0.6 is 0 Å². The summed E-state index contributed by atoms with van der Waals surface area (Å²) in [7, 11) is 0. The van der Waals surface area contributed by atoms with Gasteiger partial charge in [-0.15, -0.1) is 0 Å². The third-order valence-electron chi connectivity index (χ3n) is 5.23. The van der Waals surface area contributed by atoms with Crippen molar-refractivity contribution in [1.29, 1.82) is 0 Å². The number of aliphatic hydroxyl groups is 1. The number of nitrogens with zero attached hydrogens (tertiary/aromatic N) is 3. The molecule has 1 aromatic carbocycles. The molecule has 6 nitrogen and oxygen atoms in total. The molecular formula is C22H24FN3O3. The minimum absolute atomic E-state index is 0.00681. The fourth-order valence-corrected chi connectivity index (χ4v) is 3.56. The molecule has 2 heterocycles. The zero-order valence-corrected chi connectivity index (χ0v) is 16.5. The SMILES string of the molecule is CCN(CC)CCN1C(=O)C(=O)/C(=C(/O)c2ccc(F)cc2)[C@H]1c1ccncc1. The van der Waals surface area contributed by atoms with E-state index < -0.39 is 23.5 Å². The largest absolute Gasteiger partial charge is 0.507 e. The molecule has 0 radical (unpaired) electrons. The molecule has 1 aromatic heterocycles. The van der Waals surface area contributed by atoms with Gasteiger partial charge in [0.2, 0.25) is 0 Å². The number of aromatic nitrogens is 1. The number of rotatable bonds is 7. The van der Waals surface area contributed by atoms with E-state index in [1.807, 2.05) is 13.8 Å². The van der Waals surface area contributed by atoms with Gasteiger partial charge < -0.3 is 14.9 Å². The molecule has 1 saturated heterocycles. The maximum atomic E-state index is 13.3. The summed E-state index contributed by atoms with van der Waals surface area (Å²) in [6, 6.07) is 7.89. The Morgan fingerprint density at radius 2 is 1.72 bits per heavy atom. The smallest absolute Gasteiger partial charge is 0.295 e. The summed E-state index contributed by atoms with van der Waals surface area (Å²) in [5.74, 6) is -2.15. The number of aliphatic hydroxyl groups excluding tert-OH is 1. The van der Waals surface area contributed by atoms with Gasteiger partial charge in [-0.1, -0.05) is 13.8 Å². The number of Topliss-reactive ketones (excluding diaryl/α,β-unsaturated/α-hetero) is 1. The number of ketones is 1. The van der Waals surface area contributed by atoms with Crippen LogP contribution in [0, 0.1) is 5.82 Å². The normalized spacial score (nSPS) is 18.6. The van der Waals surface area contributed by atoms with Crippen LogP contribution in [0.3, 0.4) is 0 Å². The van der Waals surface area contributed by atoms with Gasteiger partial charge >= 0.3 is 0 Å². The van der Waals surface area contributed by atoms with Gasteiger partial charge in [0.05, 0.1) is 11.6 Å². The van der Waals surface area contributed by atoms with Crippen LogP contribution in [0.25, 0.3) is 5.76 Å². The van der Waals surface area contributed by atoms with E-state index in [1.165, 1.54) is 29.2 Å². The maximum absolute atomic E-state index is 13.3. The number of hydrogen-bond acceptors (Lipinski definition) is 5. The molecule has 0 bridgehead atoms. The number of halogens is 1. The monoisotopic (exact) mass is 397 g/mol. The van der Waals surface area contributed by atoms with Gasteiger partial charge in [0.25, 0.3) is 11.7 Å². The lowest BCUT2D eigenvalue weighted by molar-refractivity contribution is -0.140. The highest BCUT2D eigenvalue weighted by atomic mass is 19.1. The number of likely N-dealkylation sites (tertiary alicyclic amines) is 1. The van der Waals surface area contributed by atoms with Crippen molar-refractivity contribution in [2.75, 3.05) is 26.2 Å². The first-order valence-electron chi connectivity index (χ1n) is 9.64. The molecule has 0 spiro atoms. The predicted octanol–water partition coefficient (Wildman–Crippen LogP) is 2.98. The molecule has 3 rings (SSSR count). The Kier molecular flexibility index (Phi) is 6.39. The average molecular weight is 397 g/mol. The summed E-state index contributed by atoms with van der Waals surface area (Å²) >= 11 is 0. The first-order valence-corrected chi connectivity index (χ1v) is 9.64. The van der Waals surface area contributed by atoms with Gasteiger partial charge in [0.15, 0.2) is 0 Å². The van der Waals surface area contributed by atoms with Gasteiger partial charge in [-0.3, -0.25) is 14.6 Å². The first-order chi connectivity index (χ1) is 14.0. The first kappa shape index (κ1) is 20.7. The Hall–Kier alpha value is -3.06. The zero-order chi connectivity index (χ0) is 21.0. The van der Waals surface area contributed by atoms with Gasteiger partial charge in [0, 0.05) is 31.0 Å². The summed E-state index contributed by atoms with van der Waals surface area (Å²) in [6.45, 7) is 6.68. The lowest BCUT2D eigenvalue weighted by atomic mass is 9.96. The van der Waals surface area contributed by atoms with Crippen molar-refractivity contribution in [2.24, 2.45) is 0 Å². The van der Waals surface area contributed by atoms with Crippen LogP contribution in [0.1, 0.15) is 31.0 Å². The lowest BCUT2D eigenvalue weighted by Crippen LogP contribution is -2.38. The van der Waals surface area contributed by atoms with Gasteiger partial charge in [0.1, 0.15) is 11.6 Å². The standard InChI is InChI=1S/C22H24FN3O3/c1-3-25(4-2)13-14-26-19(15-9-11-24-12-10-15)18(21(28)22(26)29)20(27)16-5-7-17(23)8-6-16/h5-12,19,27H,3-4,13-14H2,1-2H3/b20-18+/t19-/m1/s1. The Balaban J connectivity index is 2.06. The number of amides is 1. The van der Waals surface area contributed by atoms with Crippen LogP contribution < -0.4 is 0 Å². The van der Waals surface area contributed by atoms with Crippen molar-refractivity contribution >= 4 is 17.4 Å². The highest BCUT2D eigenvalue weighted by Gasteiger charge is 2.45. The van der Waals surface area contributed by atoms with E-state index in [4.69, 9.17) is 0 Å². The summed E-state index contributed by atoms with van der Waals surface area (Å²) in [6.07, 6.45) is 3.16. The number of carbonyl (C=O) groups excluding carboxylic acids is 2. The third kappa shape index (κ3) is 4.19. The molecule has 0 aliphatic carbocycles. The predicted molar refractivity (Wildman–Crippen MR) is 107 cm³/mol. The molecule has 1 fully saturated rings. The van der Waals surface area contributed by atoms with E-state index in [1.54, 1.807) is 24.5 Å². The van der Waals surface area contributed by atoms with E-state index in [9.17, 15) is 19.1 Å². The van der Waals surface area contributed by atoms with Crippen molar-refractivity contribution in [3.63, 3.8) is 0 Å². The molecule has 1 aliphatic heterocycles. The number of benzene rings is 1. The second-order valence-electron chi connectivity index (χ2n) is 6.81. The third-order valence-corrected chi connectivity index (χ3v) is 5.23. The molecule has 1 atom stereocenters. The fraction of sp³-hybridized carbons (Fsp3) is 0.318. The molecule has 29 heavy (non-hydrogen) atoms. The van der Waals surface area contributed by atoms with Crippen LogP contribution in [0.5, 0.6) is 0 Å². The van der Waals surface area contributed by atoms with Crippen LogP contribution in [0.4, 0.5) is 4.39 Å². The molecule has 1 N–H and O–H groups in total. The highest BCUT2D eigenvalue weighted by Crippen LogP contribution is 2.39. The van der Waals surface area contributed by atoms with E-state index in [0.29, 0.717) is 18.7 Å². The minimum Gasteiger partial charge on any atom is -0.507 e. The van der Waals surface area contributed by atoms with Gasteiger partial charge in [-0.25, -0.2) is 4.39 Å². The average Bonchev–Trinajstić information content (AvgIpc) is 3.00. The van der Waals surface area contributed by atoms with Crippen LogP contribution in [0.15, 0.2) is 54.4 Å². The molecule has 1 amide bonds. The van der Waals surface area contributed by atoms with Gasteiger partial charge in [-0.05, 0) is 55.1 Å². The molecule has 0 unspecified atom stereocenters. The van der Waals surface area contributed by atoms with Gasteiger partial charge in [-0.2, -0.15) is 0 Å². The van der Waals surface area contributed by atoms with E-state index in [-0.39, 0.29) is 16.9 Å². The minimum atomic E-state index is -0.742. The van der Waals surface area contributed by atoms with Crippen molar-refractivity contribution < 1.29 is 19.1 Å². The molecule has 2 aromatic rings. The van der Waals surface area contributed by atoms with Crippen LogP contribution in [-0.2, 0) is 9.59 Å². The fourth-order valence-electron chi connectivity index (χ4n) is 3.56. The summed E-state index contributed by atoms with van der Waals surface area (Å²) in [4.78, 5) is 33.3. The highest BCUT2D eigenvalue weighted by molar-refractivity contribution is 6.46. The Morgan fingerprint density at radius 1 is 1.10 bits per heavy atom. The van der Waals surface area contributed by atoms with Crippen LogP contribution in [-0.4, -0.2) is 57.8 Å². The molecule has 0 saturated carbocycles. The Morgan fingerprint density at radius 3 is 2.31 bits per heavy atom. The van der Waals surface area contributed by atoms with Crippen molar-refractivity contribution in [1.82, 2.24) is 14.8 Å². The van der Waals surface area contributed by atoms with Crippen molar-refractivity contribution in [3.05, 3.63) is 71.3 Å². The molecular weight excluding hydrogens is 373 g/mol. The Bertz CT molecular complexity index is 909. The van der Waals surface area contributed by atoms with Crippen molar-refractivity contribution in [3.8, 4) is 0 Å².